The first-order valence-corrected chi connectivity index (χ1v) is 12.0. The Balaban J connectivity index is 1.39. The molecule has 1 aliphatic carbocycles. The van der Waals surface area contributed by atoms with Crippen LogP contribution in [-0.2, 0) is 21.0 Å². The molecule has 1 N–H and O–H groups in total. The molecule has 1 aromatic carbocycles. The average Bonchev–Trinajstić information content (AvgIpc) is 3.18. The van der Waals surface area contributed by atoms with Gasteiger partial charge in [-0.2, -0.15) is 0 Å². The summed E-state index contributed by atoms with van der Waals surface area (Å²) >= 11 is 7.70. The molecule has 1 fully saturated rings. The predicted molar refractivity (Wildman–Crippen MR) is 110 cm³/mol. The Morgan fingerprint density at radius 3 is 2.82 bits per heavy atom. The highest BCUT2D eigenvalue weighted by atomic mass is 35.5. The summed E-state index contributed by atoms with van der Waals surface area (Å²) in [5.41, 5.74) is 0.814. The molecule has 3 aromatic rings. The largest absolute Gasteiger partial charge is 0.455 e. The van der Waals surface area contributed by atoms with E-state index >= 15 is 0 Å². The van der Waals surface area contributed by atoms with Gasteiger partial charge >= 0.3 is 0 Å². The van der Waals surface area contributed by atoms with Crippen LogP contribution in [0.4, 0.5) is 0 Å². The van der Waals surface area contributed by atoms with Gasteiger partial charge in [0.1, 0.15) is 11.5 Å². The van der Waals surface area contributed by atoms with Crippen molar-refractivity contribution in [3.05, 3.63) is 51.9 Å². The molecule has 2 aromatic heterocycles. The van der Waals surface area contributed by atoms with E-state index in [1.54, 1.807) is 11.3 Å². The minimum Gasteiger partial charge on any atom is -0.455 e. The second-order valence-corrected chi connectivity index (χ2v) is 11.2. The fraction of sp³-hybridized carbons (Fsp3) is 0.368. The lowest BCUT2D eigenvalue weighted by molar-refractivity contribution is 0.0844. The fourth-order valence-corrected chi connectivity index (χ4v) is 5.50. The van der Waals surface area contributed by atoms with Crippen LogP contribution >= 0.6 is 22.9 Å². The first kappa shape index (κ1) is 19.4. The van der Waals surface area contributed by atoms with Crippen molar-refractivity contribution in [3.8, 4) is 0 Å². The summed E-state index contributed by atoms with van der Waals surface area (Å²) in [4.78, 5) is 17.1. The highest BCUT2D eigenvalue weighted by Crippen LogP contribution is 2.46. The van der Waals surface area contributed by atoms with Crippen molar-refractivity contribution in [2.24, 2.45) is 0 Å². The number of nitrogens with one attached hydrogen (secondary N) is 1. The van der Waals surface area contributed by atoms with Crippen molar-refractivity contribution in [2.45, 2.75) is 37.0 Å². The smallest absolute Gasteiger partial charge is 0.287 e. The zero-order chi connectivity index (χ0) is 20.1. The average molecular weight is 439 g/mol. The van der Waals surface area contributed by atoms with E-state index in [0.717, 1.165) is 34.3 Å². The molecule has 0 saturated heterocycles. The van der Waals surface area contributed by atoms with Gasteiger partial charge in [0.25, 0.3) is 5.91 Å². The van der Waals surface area contributed by atoms with Crippen LogP contribution in [0.3, 0.4) is 0 Å². The zero-order valence-corrected chi connectivity index (χ0v) is 17.7. The van der Waals surface area contributed by atoms with Gasteiger partial charge in [-0.3, -0.25) is 4.79 Å². The van der Waals surface area contributed by atoms with Gasteiger partial charge in [0, 0.05) is 22.7 Å². The van der Waals surface area contributed by atoms with Gasteiger partial charge in [-0.1, -0.05) is 18.5 Å². The molecule has 9 heteroatoms. The van der Waals surface area contributed by atoms with Crippen molar-refractivity contribution in [3.63, 3.8) is 0 Å². The quantitative estimate of drug-likeness (QED) is 0.651. The number of nitrogens with zero attached hydrogens (tertiary/aromatic N) is 1. The summed E-state index contributed by atoms with van der Waals surface area (Å²) in [5, 5.41) is 4.66. The molecule has 0 atom stereocenters. The molecule has 28 heavy (non-hydrogen) atoms. The molecule has 0 aliphatic heterocycles. The van der Waals surface area contributed by atoms with E-state index in [2.05, 4.69) is 12.2 Å². The first-order valence-electron chi connectivity index (χ1n) is 8.75. The number of hydrogen-bond donors (Lipinski definition) is 1. The Labute approximate surface area is 171 Å². The third kappa shape index (κ3) is 3.94. The second kappa shape index (κ2) is 6.86. The van der Waals surface area contributed by atoms with E-state index < -0.39 is 9.84 Å². The normalized spacial score (nSPS) is 22.2. The van der Waals surface area contributed by atoms with Gasteiger partial charge < -0.3 is 9.73 Å². The molecule has 1 amide bonds. The maximum absolute atomic E-state index is 12.4. The molecular formula is C19H19ClN2O4S2. The highest BCUT2D eigenvalue weighted by Gasteiger charge is 2.44. The lowest BCUT2D eigenvalue weighted by atomic mass is 9.67. The Bertz CT molecular complexity index is 1160. The molecule has 148 valence electrons. The van der Waals surface area contributed by atoms with Crippen LogP contribution in [0.2, 0.25) is 5.02 Å². The SMILES string of the molecule is CC1(c2nc3cc(Cl)ccc3s2)CC(NC(=O)c2ccc(CS(C)(=O)=O)o2)C1. The van der Waals surface area contributed by atoms with E-state index in [0.29, 0.717) is 5.02 Å². The second-order valence-electron chi connectivity index (χ2n) is 7.61. The summed E-state index contributed by atoms with van der Waals surface area (Å²) in [6, 6.07) is 8.75. The molecule has 2 heterocycles. The first-order chi connectivity index (χ1) is 13.1. The van der Waals surface area contributed by atoms with E-state index in [4.69, 9.17) is 21.0 Å². The van der Waals surface area contributed by atoms with Crippen molar-refractivity contribution in [1.29, 1.82) is 0 Å². The number of furan rings is 1. The van der Waals surface area contributed by atoms with Gasteiger partial charge in [0.2, 0.25) is 0 Å². The number of carbonyl (C=O) groups excluding carboxylic acids is 1. The Morgan fingerprint density at radius 1 is 1.36 bits per heavy atom. The molecule has 0 bridgehead atoms. The summed E-state index contributed by atoms with van der Waals surface area (Å²) in [6.45, 7) is 2.14. The van der Waals surface area contributed by atoms with Crippen molar-refractivity contribution >= 4 is 48.9 Å². The third-order valence-electron chi connectivity index (χ3n) is 4.88. The minimum atomic E-state index is -3.21. The van der Waals surface area contributed by atoms with Crippen LogP contribution < -0.4 is 5.32 Å². The predicted octanol–water partition coefficient (Wildman–Crippen LogP) is 3.94. The number of halogens is 1. The monoisotopic (exact) mass is 438 g/mol. The maximum Gasteiger partial charge on any atom is 0.287 e. The number of fused-ring (bicyclic) bond motifs is 1. The van der Waals surface area contributed by atoms with Crippen LogP contribution in [0.5, 0.6) is 0 Å². The van der Waals surface area contributed by atoms with Gasteiger partial charge in [0.15, 0.2) is 15.6 Å². The number of aromatic nitrogens is 1. The van der Waals surface area contributed by atoms with E-state index in [1.807, 2.05) is 18.2 Å². The molecule has 4 rings (SSSR count). The molecule has 1 saturated carbocycles. The van der Waals surface area contributed by atoms with Crippen LogP contribution in [0.1, 0.15) is 41.1 Å². The zero-order valence-electron chi connectivity index (χ0n) is 15.4. The van der Waals surface area contributed by atoms with Crippen molar-refractivity contribution in [2.75, 3.05) is 6.26 Å². The number of hydrogen-bond acceptors (Lipinski definition) is 6. The lowest BCUT2D eigenvalue weighted by Gasteiger charge is -2.43. The number of thiazole rings is 1. The van der Waals surface area contributed by atoms with Gasteiger partial charge in [-0.05, 0) is 43.2 Å². The summed E-state index contributed by atoms with van der Waals surface area (Å²) in [5.74, 6) is -0.160. The van der Waals surface area contributed by atoms with E-state index in [9.17, 15) is 13.2 Å². The summed E-state index contributed by atoms with van der Waals surface area (Å²) in [7, 11) is -3.21. The summed E-state index contributed by atoms with van der Waals surface area (Å²) in [6.07, 6.45) is 2.69. The third-order valence-corrected chi connectivity index (χ3v) is 7.27. The molecule has 0 spiro atoms. The molecule has 0 radical (unpaired) electrons. The summed E-state index contributed by atoms with van der Waals surface area (Å²) < 4.78 is 29.1. The van der Waals surface area contributed by atoms with Crippen LogP contribution in [0.25, 0.3) is 10.2 Å². The molecule has 6 nitrogen and oxygen atoms in total. The Hall–Kier alpha value is -1.90. The highest BCUT2D eigenvalue weighted by molar-refractivity contribution is 7.89. The number of sulfone groups is 1. The van der Waals surface area contributed by atoms with Crippen LogP contribution in [0, 0.1) is 0 Å². The van der Waals surface area contributed by atoms with Gasteiger partial charge in [-0.25, -0.2) is 13.4 Å². The van der Waals surface area contributed by atoms with Crippen LogP contribution in [-0.4, -0.2) is 31.6 Å². The number of benzene rings is 1. The standard InChI is InChI=1S/C19H19ClN2O4S2/c1-19(18-22-14-7-11(20)3-6-16(14)27-18)8-12(9-19)21-17(23)15-5-4-13(26-15)10-28(2,24)25/h3-7,12H,8-10H2,1-2H3,(H,21,23). The van der Waals surface area contributed by atoms with E-state index in [1.165, 1.54) is 12.1 Å². The van der Waals surface area contributed by atoms with Gasteiger partial charge in [-0.15, -0.1) is 11.3 Å². The van der Waals surface area contributed by atoms with Gasteiger partial charge in [0.05, 0.1) is 15.2 Å². The van der Waals surface area contributed by atoms with Crippen molar-refractivity contribution in [1.82, 2.24) is 10.3 Å². The van der Waals surface area contributed by atoms with E-state index in [-0.39, 0.29) is 34.6 Å². The topological polar surface area (TPSA) is 89.3 Å². The lowest BCUT2D eigenvalue weighted by Crippen LogP contribution is -2.51. The van der Waals surface area contributed by atoms with Crippen molar-refractivity contribution < 1.29 is 17.6 Å². The Kier molecular flexibility index (Phi) is 4.76. The number of amides is 1. The maximum atomic E-state index is 12.4. The minimum absolute atomic E-state index is 0.0246. The van der Waals surface area contributed by atoms with Crippen LogP contribution in [0.15, 0.2) is 34.7 Å². The molecular weight excluding hydrogens is 420 g/mol. The number of carbonyl (C=O) groups is 1. The molecule has 1 aliphatic rings. The Morgan fingerprint density at radius 2 is 2.11 bits per heavy atom. The number of rotatable bonds is 5. The molecule has 0 unspecified atom stereocenters. The fourth-order valence-electron chi connectivity index (χ4n) is 3.56.